The summed E-state index contributed by atoms with van der Waals surface area (Å²) in [6.07, 6.45) is 0. The van der Waals surface area contributed by atoms with Crippen molar-refractivity contribution in [2.75, 3.05) is 0 Å². The van der Waals surface area contributed by atoms with Gasteiger partial charge < -0.3 is 5.11 Å². The first-order valence-electron chi connectivity index (χ1n) is 6.32. The Kier molecular flexibility index (Phi) is 4.46. The first-order chi connectivity index (χ1) is 10.1. The van der Waals surface area contributed by atoms with Crippen LogP contribution in [0.15, 0.2) is 59.7 Å². The average molecular weight is 282 g/mol. The van der Waals surface area contributed by atoms with Gasteiger partial charge in [0.25, 0.3) is 5.91 Å². The molecule has 21 heavy (non-hydrogen) atoms. The molecule has 0 spiro atoms. The van der Waals surface area contributed by atoms with Crippen LogP contribution in [-0.4, -0.2) is 22.7 Å². The van der Waals surface area contributed by atoms with Crippen LogP contribution in [0.2, 0.25) is 0 Å². The summed E-state index contributed by atoms with van der Waals surface area (Å²) in [6, 6.07) is 15.2. The molecule has 0 aliphatic carbocycles. The predicted molar refractivity (Wildman–Crippen MR) is 79.5 cm³/mol. The van der Waals surface area contributed by atoms with Crippen molar-refractivity contribution in [2.24, 2.45) is 5.10 Å². The summed E-state index contributed by atoms with van der Waals surface area (Å²) in [6.45, 7) is 1.65. The van der Waals surface area contributed by atoms with Crippen molar-refractivity contribution in [3.8, 4) is 0 Å². The zero-order valence-electron chi connectivity index (χ0n) is 11.4. The lowest BCUT2D eigenvalue weighted by atomic mass is 10.0. The number of rotatable bonds is 4. The molecule has 1 amide bonds. The SMILES string of the molecule is C/C(=N/NC(=O)c1ccccc1)c1ccccc1C(=O)O. The highest BCUT2D eigenvalue weighted by atomic mass is 16.4. The van der Waals surface area contributed by atoms with Gasteiger partial charge in [-0.2, -0.15) is 5.10 Å². The van der Waals surface area contributed by atoms with E-state index >= 15 is 0 Å². The van der Waals surface area contributed by atoms with Gasteiger partial charge in [-0.25, -0.2) is 10.2 Å². The third-order valence-electron chi connectivity index (χ3n) is 2.91. The predicted octanol–water partition coefficient (Wildman–Crippen LogP) is 2.54. The van der Waals surface area contributed by atoms with Crippen LogP contribution in [0.25, 0.3) is 0 Å². The van der Waals surface area contributed by atoms with Crippen molar-refractivity contribution in [1.82, 2.24) is 5.43 Å². The molecule has 5 nitrogen and oxygen atoms in total. The highest BCUT2D eigenvalue weighted by Gasteiger charge is 2.11. The first kappa shape index (κ1) is 14.5. The van der Waals surface area contributed by atoms with Crippen LogP contribution in [0.5, 0.6) is 0 Å². The molecule has 0 heterocycles. The van der Waals surface area contributed by atoms with E-state index in [4.69, 9.17) is 5.11 Å². The fourth-order valence-electron chi connectivity index (χ4n) is 1.83. The van der Waals surface area contributed by atoms with Gasteiger partial charge in [0.2, 0.25) is 0 Å². The molecule has 0 radical (unpaired) electrons. The lowest BCUT2D eigenvalue weighted by Gasteiger charge is -2.06. The quantitative estimate of drug-likeness (QED) is 0.668. The number of hydrogen-bond donors (Lipinski definition) is 2. The van der Waals surface area contributed by atoms with Crippen molar-refractivity contribution >= 4 is 17.6 Å². The smallest absolute Gasteiger partial charge is 0.336 e. The fraction of sp³-hybridized carbons (Fsp3) is 0.0625. The number of carboxylic acid groups (broad SMARTS) is 1. The van der Waals surface area contributed by atoms with E-state index in [9.17, 15) is 9.59 Å². The van der Waals surface area contributed by atoms with Crippen LogP contribution in [0.4, 0.5) is 0 Å². The van der Waals surface area contributed by atoms with E-state index in [1.807, 2.05) is 6.07 Å². The Morgan fingerprint density at radius 3 is 2.14 bits per heavy atom. The standard InChI is InChI=1S/C16H14N2O3/c1-11(13-9-5-6-10-14(13)16(20)21)17-18-15(19)12-7-3-2-4-8-12/h2-10H,1H3,(H,18,19)(H,20,21)/b17-11-. The minimum Gasteiger partial charge on any atom is -0.478 e. The van der Waals surface area contributed by atoms with E-state index in [2.05, 4.69) is 10.5 Å². The summed E-state index contributed by atoms with van der Waals surface area (Å²) in [5.74, 6) is -1.38. The molecule has 0 bridgehead atoms. The molecule has 0 aliphatic heterocycles. The second-order valence-electron chi connectivity index (χ2n) is 4.35. The number of nitrogens with one attached hydrogen (secondary N) is 1. The number of amides is 1. The van der Waals surface area contributed by atoms with Crippen LogP contribution < -0.4 is 5.43 Å². The number of aromatic carboxylic acids is 1. The maximum absolute atomic E-state index is 11.9. The molecule has 5 heteroatoms. The molecule has 0 unspecified atom stereocenters. The molecular weight excluding hydrogens is 268 g/mol. The summed E-state index contributed by atoms with van der Waals surface area (Å²) in [4.78, 5) is 23.0. The summed E-state index contributed by atoms with van der Waals surface area (Å²) in [5.41, 5.74) is 3.95. The minimum atomic E-state index is -1.03. The topological polar surface area (TPSA) is 78.8 Å². The number of nitrogens with zero attached hydrogens (tertiary/aromatic N) is 1. The van der Waals surface area contributed by atoms with E-state index < -0.39 is 5.97 Å². The monoisotopic (exact) mass is 282 g/mol. The van der Waals surface area contributed by atoms with Gasteiger partial charge in [0.15, 0.2) is 0 Å². The maximum atomic E-state index is 11.9. The number of hydrogen-bond acceptors (Lipinski definition) is 3. The number of hydrazone groups is 1. The largest absolute Gasteiger partial charge is 0.478 e. The van der Waals surface area contributed by atoms with Crippen molar-refractivity contribution < 1.29 is 14.7 Å². The molecule has 2 aromatic carbocycles. The summed E-state index contributed by atoms with van der Waals surface area (Å²) in [7, 11) is 0. The van der Waals surface area contributed by atoms with Crippen LogP contribution in [0, 0.1) is 0 Å². The highest BCUT2D eigenvalue weighted by Crippen LogP contribution is 2.10. The second kappa shape index (κ2) is 6.47. The normalized spacial score (nSPS) is 11.0. The second-order valence-corrected chi connectivity index (χ2v) is 4.35. The van der Waals surface area contributed by atoms with Gasteiger partial charge in [-0.1, -0.05) is 36.4 Å². The van der Waals surface area contributed by atoms with Crippen molar-refractivity contribution in [3.05, 3.63) is 71.3 Å². The Morgan fingerprint density at radius 2 is 1.52 bits per heavy atom. The van der Waals surface area contributed by atoms with Crippen LogP contribution in [0.3, 0.4) is 0 Å². The minimum absolute atomic E-state index is 0.146. The summed E-state index contributed by atoms with van der Waals surface area (Å²) < 4.78 is 0. The Hall–Kier alpha value is -2.95. The molecule has 0 saturated heterocycles. The Balaban J connectivity index is 2.19. The fourth-order valence-corrected chi connectivity index (χ4v) is 1.83. The maximum Gasteiger partial charge on any atom is 0.336 e. The average Bonchev–Trinajstić information content (AvgIpc) is 2.53. The third kappa shape index (κ3) is 3.54. The van der Waals surface area contributed by atoms with Gasteiger partial charge in [-0.15, -0.1) is 0 Å². The number of carbonyl (C=O) groups excluding carboxylic acids is 1. The van der Waals surface area contributed by atoms with Gasteiger partial charge in [0.05, 0.1) is 11.3 Å². The molecule has 0 saturated carbocycles. The van der Waals surface area contributed by atoms with Crippen molar-refractivity contribution in [3.63, 3.8) is 0 Å². The lowest BCUT2D eigenvalue weighted by Crippen LogP contribution is -2.20. The molecule has 0 fully saturated rings. The van der Waals surface area contributed by atoms with Crippen molar-refractivity contribution in [1.29, 1.82) is 0 Å². The van der Waals surface area contributed by atoms with Crippen LogP contribution >= 0.6 is 0 Å². The van der Waals surface area contributed by atoms with E-state index in [1.54, 1.807) is 49.4 Å². The number of carboxylic acids is 1. The molecule has 2 rings (SSSR count). The zero-order chi connectivity index (χ0) is 15.2. The molecular formula is C16H14N2O3. The van der Waals surface area contributed by atoms with Gasteiger partial charge >= 0.3 is 5.97 Å². The van der Waals surface area contributed by atoms with Gasteiger partial charge in [0, 0.05) is 11.1 Å². The van der Waals surface area contributed by atoms with E-state index in [1.165, 1.54) is 6.07 Å². The Morgan fingerprint density at radius 1 is 0.952 bits per heavy atom. The van der Waals surface area contributed by atoms with Gasteiger partial charge in [-0.05, 0) is 25.1 Å². The molecule has 2 N–H and O–H groups in total. The third-order valence-corrected chi connectivity index (χ3v) is 2.91. The lowest BCUT2D eigenvalue weighted by molar-refractivity contribution is 0.0696. The number of benzene rings is 2. The van der Waals surface area contributed by atoms with Gasteiger partial charge in [0.1, 0.15) is 0 Å². The van der Waals surface area contributed by atoms with Crippen LogP contribution in [-0.2, 0) is 0 Å². The molecule has 0 atom stereocenters. The summed E-state index contributed by atoms with van der Waals surface area (Å²) >= 11 is 0. The Bertz CT molecular complexity index is 694. The van der Waals surface area contributed by atoms with Gasteiger partial charge in [-0.3, -0.25) is 4.79 Å². The first-order valence-corrected chi connectivity index (χ1v) is 6.32. The highest BCUT2D eigenvalue weighted by molar-refractivity contribution is 6.08. The number of carbonyl (C=O) groups is 2. The molecule has 106 valence electrons. The molecule has 0 aromatic heterocycles. The van der Waals surface area contributed by atoms with Crippen LogP contribution in [0.1, 0.15) is 33.2 Å². The zero-order valence-corrected chi connectivity index (χ0v) is 11.4. The van der Waals surface area contributed by atoms with Crippen molar-refractivity contribution in [2.45, 2.75) is 6.92 Å². The van der Waals surface area contributed by atoms with E-state index in [0.29, 0.717) is 16.8 Å². The Labute approximate surface area is 121 Å². The molecule has 0 aliphatic rings. The van der Waals surface area contributed by atoms with E-state index in [0.717, 1.165) is 0 Å². The summed E-state index contributed by atoms with van der Waals surface area (Å²) in [5, 5.41) is 13.1. The molecule has 2 aromatic rings. The van der Waals surface area contributed by atoms with E-state index in [-0.39, 0.29) is 11.5 Å².